The average Bonchev–Trinajstić information content (AvgIpc) is 2.98. The van der Waals surface area contributed by atoms with E-state index in [1.54, 1.807) is 19.2 Å². The van der Waals surface area contributed by atoms with Gasteiger partial charge in [-0.25, -0.2) is 4.39 Å². The number of allylic oxidation sites excluding steroid dienone is 1. The third-order valence-electron chi connectivity index (χ3n) is 5.58. The Bertz CT molecular complexity index is 1330. The second-order valence-electron chi connectivity index (χ2n) is 7.74. The van der Waals surface area contributed by atoms with Gasteiger partial charge in [-0.1, -0.05) is 30.3 Å². The summed E-state index contributed by atoms with van der Waals surface area (Å²) in [5.74, 6) is -0.116. The van der Waals surface area contributed by atoms with Crippen LogP contribution in [0.2, 0.25) is 0 Å². The van der Waals surface area contributed by atoms with Crippen molar-refractivity contribution in [1.82, 2.24) is 0 Å². The van der Waals surface area contributed by atoms with Crippen molar-refractivity contribution in [2.45, 2.75) is 24.8 Å². The maximum atomic E-state index is 13.6. The van der Waals surface area contributed by atoms with E-state index in [2.05, 4.69) is 4.18 Å². The van der Waals surface area contributed by atoms with Gasteiger partial charge in [0.05, 0.1) is 7.11 Å². The lowest BCUT2D eigenvalue weighted by atomic mass is 9.88. The largest absolute Gasteiger partial charge is 0.534 e. The number of hydrogen-bond acceptors (Lipinski definition) is 4. The predicted octanol–water partition coefficient (Wildman–Crippen LogP) is 6.36. The summed E-state index contributed by atoms with van der Waals surface area (Å²) >= 11 is 0. The number of aryl methyl sites for hydroxylation is 1. The lowest BCUT2D eigenvalue weighted by Gasteiger charge is -2.17. The Kier molecular flexibility index (Phi) is 6.40. The number of halogens is 4. The number of methoxy groups -OCH3 is 1. The summed E-state index contributed by atoms with van der Waals surface area (Å²) in [7, 11) is -4.19. The zero-order valence-electron chi connectivity index (χ0n) is 18.0. The minimum atomic E-state index is -5.77. The van der Waals surface area contributed by atoms with Gasteiger partial charge in [0.15, 0.2) is 0 Å². The van der Waals surface area contributed by atoms with Crippen LogP contribution >= 0.6 is 0 Å². The van der Waals surface area contributed by atoms with E-state index < -0.39 is 21.4 Å². The maximum Gasteiger partial charge on any atom is 0.534 e. The number of hydrogen-bond donors (Lipinski definition) is 0. The molecule has 0 spiro atoms. The SMILES string of the molecule is COc1ccc2c(c1)CCCC(c1ccc(F)cc1)=C2c1ccc(OS(=O)(=O)C(F)(F)F)cc1. The molecule has 0 bridgehead atoms. The lowest BCUT2D eigenvalue weighted by molar-refractivity contribution is -0.0500. The van der Waals surface area contributed by atoms with Crippen LogP contribution in [0.3, 0.4) is 0 Å². The van der Waals surface area contributed by atoms with Gasteiger partial charge in [-0.3, -0.25) is 0 Å². The molecule has 0 aromatic heterocycles. The molecule has 3 aromatic carbocycles. The normalized spacial score (nSPS) is 14.4. The summed E-state index contributed by atoms with van der Waals surface area (Å²) in [6.45, 7) is 0. The summed E-state index contributed by atoms with van der Waals surface area (Å²) in [5, 5.41) is 0. The van der Waals surface area contributed by atoms with Gasteiger partial charge in [0.1, 0.15) is 17.3 Å². The van der Waals surface area contributed by atoms with Gasteiger partial charge in [-0.05, 0) is 89.1 Å². The Morgan fingerprint density at radius 2 is 1.44 bits per heavy atom. The Morgan fingerprint density at radius 1 is 0.824 bits per heavy atom. The van der Waals surface area contributed by atoms with Gasteiger partial charge in [0, 0.05) is 0 Å². The Balaban J connectivity index is 1.84. The molecule has 1 aliphatic carbocycles. The van der Waals surface area contributed by atoms with E-state index in [0.29, 0.717) is 17.7 Å². The summed E-state index contributed by atoms with van der Waals surface area (Å²) in [5.41, 5.74) is -0.332. The van der Waals surface area contributed by atoms with Crippen molar-refractivity contribution in [2.75, 3.05) is 7.11 Å². The van der Waals surface area contributed by atoms with Crippen molar-refractivity contribution in [3.05, 3.63) is 94.8 Å². The first-order valence-corrected chi connectivity index (χ1v) is 11.8. The molecule has 0 heterocycles. The van der Waals surface area contributed by atoms with E-state index in [-0.39, 0.29) is 5.82 Å². The van der Waals surface area contributed by atoms with E-state index in [9.17, 15) is 26.0 Å². The van der Waals surface area contributed by atoms with Crippen molar-refractivity contribution in [1.29, 1.82) is 0 Å². The van der Waals surface area contributed by atoms with Crippen LogP contribution in [-0.4, -0.2) is 21.0 Å². The second-order valence-corrected chi connectivity index (χ2v) is 9.28. The molecule has 4 nitrogen and oxygen atoms in total. The third-order valence-corrected chi connectivity index (χ3v) is 6.56. The van der Waals surface area contributed by atoms with Crippen LogP contribution in [0.15, 0.2) is 66.7 Å². The van der Waals surface area contributed by atoms with E-state index in [0.717, 1.165) is 40.7 Å². The molecule has 0 N–H and O–H groups in total. The van der Waals surface area contributed by atoms with Crippen LogP contribution in [0.1, 0.15) is 35.1 Å². The van der Waals surface area contributed by atoms with E-state index in [1.807, 2.05) is 18.2 Å². The van der Waals surface area contributed by atoms with E-state index in [4.69, 9.17) is 4.74 Å². The number of alkyl halides is 3. The molecule has 0 saturated carbocycles. The number of fused-ring (bicyclic) bond motifs is 1. The molecular formula is C25H20F4O4S. The molecule has 1 aliphatic rings. The highest BCUT2D eigenvalue weighted by molar-refractivity contribution is 7.88. The van der Waals surface area contributed by atoms with Crippen LogP contribution in [0.4, 0.5) is 17.6 Å². The lowest BCUT2D eigenvalue weighted by Crippen LogP contribution is -2.28. The van der Waals surface area contributed by atoms with Gasteiger partial charge in [-0.2, -0.15) is 21.6 Å². The molecule has 34 heavy (non-hydrogen) atoms. The van der Waals surface area contributed by atoms with Crippen molar-refractivity contribution in [3.63, 3.8) is 0 Å². The fourth-order valence-corrected chi connectivity index (χ4v) is 4.47. The second kappa shape index (κ2) is 9.13. The molecule has 0 atom stereocenters. The monoisotopic (exact) mass is 492 g/mol. The molecule has 3 aromatic rings. The summed E-state index contributed by atoms with van der Waals surface area (Å²) in [4.78, 5) is 0. The maximum absolute atomic E-state index is 13.6. The quantitative estimate of drug-likeness (QED) is 0.236. The van der Waals surface area contributed by atoms with Crippen LogP contribution < -0.4 is 8.92 Å². The van der Waals surface area contributed by atoms with Crippen LogP contribution in [-0.2, 0) is 16.5 Å². The molecule has 0 radical (unpaired) electrons. The first-order valence-electron chi connectivity index (χ1n) is 10.4. The predicted molar refractivity (Wildman–Crippen MR) is 120 cm³/mol. The topological polar surface area (TPSA) is 52.6 Å². The Labute approximate surface area is 194 Å². The fourth-order valence-electron chi connectivity index (χ4n) is 4.01. The van der Waals surface area contributed by atoms with Crippen molar-refractivity contribution >= 4 is 21.3 Å². The van der Waals surface area contributed by atoms with Crippen molar-refractivity contribution < 1.29 is 34.9 Å². The zero-order valence-corrected chi connectivity index (χ0v) is 18.8. The summed E-state index contributed by atoms with van der Waals surface area (Å²) < 4.78 is 83.9. The molecule has 0 saturated heterocycles. The minimum absolute atomic E-state index is 0.364. The molecular weight excluding hydrogens is 472 g/mol. The molecule has 4 rings (SSSR count). The first kappa shape index (κ1) is 23.8. The van der Waals surface area contributed by atoms with Gasteiger partial charge >= 0.3 is 15.6 Å². The van der Waals surface area contributed by atoms with E-state index in [1.165, 1.54) is 36.4 Å². The van der Waals surface area contributed by atoms with Gasteiger partial charge < -0.3 is 8.92 Å². The van der Waals surface area contributed by atoms with Gasteiger partial charge in [-0.15, -0.1) is 0 Å². The Morgan fingerprint density at radius 3 is 2.06 bits per heavy atom. The van der Waals surface area contributed by atoms with Crippen molar-refractivity contribution in [2.24, 2.45) is 0 Å². The summed E-state index contributed by atoms with van der Waals surface area (Å²) in [6.07, 6.45) is 2.27. The van der Waals surface area contributed by atoms with Crippen molar-refractivity contribution in [3.8, 4) is 11.5 Å². The average molecular weight is 492 g/mol. The smallest absolute Gasteiger partial charge is 0.497 e. The van der Waals surface area contributed by atoms with Crippen LogP contribution in [0, 0.1) is 5.82 Å². The highest BCUT2D eigenvalue weighted by atomic mass is 32.2. The van der Waals surface area contributed by atoms with E-state index >= 15 is 0 Å². The number of ether oxygens (including phenoxy) is 1. The third kappa shape index (κ3) is 4.79. The highest BCUT2D eigenvalue weighted by Gasteiger charge is 2.48. The molecule has 0 amide bonds. The summed E-state index contributed by atoms with van der Waals surface area (Å²) in [6, 6.07) is 17.2. The molecule has 9 heteroatoms. The van der Waals surface area contributed by atoms with Crippen LogP contribution in [0.25, 0.3) is 11.1 Å². The highest BCUT2D eigenvalue weighted by Crippen LogP contribution is 2.41. The molecule has 178 valence electrons. The number of rotatable bonds is 5. The first-order chi connectivity index (χ1) is 16.1. The van der Waals surface area contributed by atoms with Gasteiger partial charge in [0.2, 0.25) is 0 Å². The molecule has 0 aliphatic heterocycles. The van der Waals surface area contributed by atoms with Crippen LogP contribution in [0.5, 0.6) is 11.5 Å². The fraction of sp³-hybridized carbons (Fsp3) is 0.200. The minimum Gasteiger partial charge on any atom is -0.497 e. The number of benzene rings is 3. The molecule has 0 fully saturated rings. The zero-order chi connectivity index (χ0) is 24.5. The molecule has 0 unspecified atom stereocenters. The standard InChI is InChI=1S/C25H20F4O4S/c1-32-21-13-14-23-18(15-21)3-2-4-22(16-5-9-19(26)10-6-16)24(23)17-7-11-20(12-8-17)33-34(30,31)25(27,28)29/h5-15H,2-4H2,1H3. The van der Waals surface area contributed by atoms with Gasteiger partial charge in [0.25, 0.3) is 0 Å². The Hall–Kier alpha value is -3.33.